The number of rotatable bonds is 4. The van der Waals surface area contributed by atoms with Crippen LogP contribution in [0.15, 0.2) is 65.8 Å². The number of hydrogen-bond acceptors (Lipinski definition) is 4. The summed E-state index contributed by atoms with van der Waals surface area (Å²) in [5, 5.41) is 20.2. The van der Waals surface area contributed by atoms with Crippen LogP contribution in [-0.4, -0.2) is 26.9 Å². The Labute approximate surface area is 138 Å². The Hall–Kier alpha value is -3.41. The van der Waals surface area contributed by atoms with Crippen LogP contribution in [0.1, 0.15) is 23.0 Å². The molecule has 0 aliphatic carbocycles. The fraction of sp³-hybridized carbons (Fsp3) is 0.0556. The summed E-state index contributed by atoms with van der Waals surface area (Å²) < 4.78 is 0. The van der Waals surface area contributed by atoms with E-state index in [0.29, 0.717) is 17.1 Å². The molecule has 0 radical (unpaired) electrons. The maximum Gasteiger partial charge on any atom is 0.289 e. The summed E-state index contributed by atoms with van der Waals surface area (Å²) in [6.07, 6.45) is 0. The number of H-pyrrole nitrogens is 1. The summed E-state index contributed by atoms with van der Waals surface area (Å²) in [5.41, 5.74) is 5.88. The molecule has 0 spiro atoms. The molecule has 0 aliphatic heterocycles. The Kier molecular flexibility index (Phi) is 4.38. The van der Waals surface area contributed by atoms with E-state index in [4.69, 9.17) is 0 Å². The van der Waals surface area contributed by atoms with Crippen molar-refractivity contribution < 1.29 is 9.90 Å². The maximum atomic E-state index is 12.1. The highest BCUT2D eigenvalue weighted by atomic mass is 16.3. The van der Waals surface area contributed by atoms with Crippen molar-refractivity contribution in [1.29, 1.82) is 0 Å². The molecule has 1 heterocycles. The van der Waals surface area contributed by atoms with E-state index >= 15 is 0 Å². The highest BCUT2D eigenvalue weighted by molar-refractivity contribution is 6.00. The van der Waals surface area contributed by atoms with Crippen molar-refractivity contribution in [2.45, 2.75) is 6.92 Å². The van der Waals surface area contributed by atoms with Crippen molar-refractivity contribution in [3.63, 3.8) is 0 Å². The number of nitrogens with one attached hydrogen (secondary N) is 2. The Bertz CT molecular complexity index is 868. The second-order valence-corrected chi connectivity index (χ2v) is 5.22. The number of hydrazone groups is 1. The van der Waals surface area contributed by atoms with E-state index in [1.165, 1.54) is 0 Å². The zero-order valence-corrected chi connectivity index (χ0v) is 13.0. The van der Waals surface area contributed by atoms with Crippen LogP contribution in [0.3, 0.4) is 0 Å². The lowest BCUT2D eigenvalue weighted by Crippen LogP contribution is -2.19. The van der Waals surface area contributed by atoms with E-state index in [0.717, 1.165) is 11.1 Å². The van der Waals surface area contributed by atoms with E-state index in [9.17, 15) is 9.90 Å². The molecule has 3 aromatic rings. The number of phenols is 1. The summed E-state index contributed by atoms with van der Waals surface area (Å²) >= 11 is 0. The average molecular weight is 320 g/mol. The summed E-state index contributed by atoms with van der Waals surface area (Å²) in [6.45, 7) is 1.77. The normalized spacial score (nSPS) is 11.3. The zero-order valence-electron chi connectivity index (χ0n) is 13.0. The zero-order chi connectivity index (χ0) is 16.9. The van der Waals surface area contributed by atoms with Gasteiger partial charge >= 0.3 is 0 Å². The average Bonchev–Trinajstić information content (AvgIpc) is 3.11. The van der Waals surface area contributed by atoms with Gasteiger partial charge in [-0.1, -0.05) is 30.3 Å². The van der Waals surface area contributed by atoms with Gasteiger partial charge in [0.15, 0.2) is 0 Å². The summed E-state index contributed by atoms with van der Waals surface area (Å²) in [5.74, 6) is -0.190. The molecule has 0 aliphatic rings. The van der Waals surface area contributed by atoms with Crippen molar-refractivity contribution >= 4 is 11.6 Å². The fourth-order valence-electron chi connectivity index (χ4n) is 2.16. The predicted octanol–water partition coefficient (Wildman–Crippen LogP) is 2.94. The van der Waals surface area contributed by atoms with Crippen LogP contribution in [0.5, 0.6) is 5.75 Å². The first-order chi connectivity index (χ1) is 11.6. The molecule has 0 saturated carbocycles. The molecule has 6 nitrogen and oxygen atoms in total. The smallest absolute Gasteiger partial charge is 0.289 e. The molecule has 0 bridgehead atoms. The van der Waals surface area contributed by atoms with Gasteiger partial charge in [0.1, 0.15) is 11.4 Å². The minimum atomic E-state index is -0.372. The molecule has 6 heteroatoms. The molecule has 24 heavy (non-hydrogen) atoms. The molecule has 3 rings (SSSR count). The highest BCUT2D eigenvalue weighted by Crippen LogP contribution is 2.16. The number of aromatic amines is 1. The van der Waals surface area contributed by atoms with E-state index in [-0.39, 0.29) is 11.7 Å². The van der Waals surface area contributed by atoms with Gasteiger partial charge in [-0.25, -0.2) is 5.43 Å². The molecule has 120 valence electrons. The Balaban J connectivity index is 1.70. The lowest BCUT2D eigenvalue weighted by Gasteiger charge is -2.02. The molecule has 3 N–H and O–H groups in total. The molecule has 1 amide bonds. The number of nitrogens with zero attached hydrogens (tertiary/aromatic N) is 2. The number of benzene rings is 2. The van der Waals surface area contributed by atoms with Gasteiger partial charge in [-0.3, -0.25) is 9.89 Å². The Morgan fingerprint density at radius 3 is 2.54 bits per heavy atom. The second kappa shape index (κ2) is 6.78. The minimum absolute atomic E-state index is 0.182. The summed E-state index contributed by atoms with van der Waals surface area (Å²) in [6, 6.07) is 17.9. The maximum absolute atomic E-state index is 12.1. The van der Waals surface area contributed by atoms with Crippen LogP contribution >= 0.6 is 0 Å². The van der Waals surface area contributed by atoms with Crippen LogP contribution in [0.25, 0.3) is 11.3 Å². The van der Waals surface area contributed by atoms with Gasteiger partial charge in [-0.05, 0) is 42.8 Å². The SMILES string of the molecule is CC(=NNC(=O)c1cc(-c2ccccc2)n[nH]1)c1ccc(O)cc1. The van der Waals surface area contributed by atoms with E-state index < -0.39 is 0 Å². The lowest BCUT2D eigenvalue weighted by molar-refractivity contribution is 0.0950. The number of aromatic hydroxyl groups is 1. The molecule has 0 saturated heterocycles. The Morgan fingerprint density at radius 2 is 1.83 bits per heavy atom. The molecular weight excluding hydrogens is 304 g/mol. The first-order valence-corrected chi connectivity index (χ1v) is 7.38. The van der Waals surface area contributed by atoms with Crippen LogP contribution in [0.2, 0.25) is 0 Å². The lowest BCUT2D eigenvalue weighted by atomic mass is 10.1. The highest BCUT2D eigenvalue weighted by Gasteiger charge is 2.10. The third-order valence-electron chi connectivity index (χ3n) is 3.50. The number of phenolic OH excluding ortho intramolecular Hbond substituents is 1. The van der Waals surface area contributed by atoms with E-state index in [1.807, 2.05) is 30.3 Å². The molecule has 0 atom stereocenters. The van der Waals surface area contributed by atoms with Crippen LogP contribution in [-0.2, 0) is 0 Å². The molecule has 0 fully saturated rings. The largest absolute Gasteiger partial charge is 0.508 e. The summed E-state index contributed by atoms with van der Waals surface area (Å²) in [7, 11) is 0. The molecule has 1 aromatic heterocycles. The van der Waals surface area contributed by atoms with Crippen LogP contribution in [0.4, 0.5) is 0 Å². The van der Waals surface area contributed by atoms with Gasteiger partial charge in [0.2, 0.25) is 0 Å². The number of hydrogen-bond donors (Lipinski definition) is 3. The Morgan fingerprint density at radius 1 is 1.12 bits per heavy atom. The van der Waals surface area contributed by atoms with Crippen molar-refractivity contribution in [2.75, 3.05) is 0 Å². The number of amides is 1. The molecule has 2 aromatic carbocycles. The van der Waals surface area contributed by atoms with Crippen molar-refractivity contribution in [1.82, 2.24) is 15.6 Å². The predicted molar refractivity (Wildman–Crippen MR) is 91.8 cm³/mol. The minimum Gasteiger partial charge on any atom is -0.508 e. The molecular formula is C18H16N4O2. The van der Waals surface area contributed by atoms with Crippen LogP contribution in [0, 0.1) is 0 Å². The van der Waals surface area contributed by atoms with Crippen molar-refractivity contribution in [3.05, 3.63) is 71.9 Å². The number of aromatic nitrogens is 2. The summed E-state index contributed by atoms with van der Waals surface area (Å²) in [4.78, 5) is 12.1. The number of carbonyl (C=O) groups is 1. The third-order valence-corrected chi connectivity index (χ3v) is 3.50. The quantitative estimate of drug-likeness (QED) is 0.510. The number of carbonyl (C=O) groups excluding carboxylic acids is 1. The van der Waals surface area contributed by atoms with Crippen molar-refractivity contribution in [3.8, 4) is 17.0 Å². The van der Waals surface area contributed by atoms with Gasteiger partial charge in [-0.2, -0.15) is 10.2 Å². The van der Waals surface area contributed by atoms with E-state index in [2.05, 4.69) is 20.7 Å². The standard InChI is InChI=1S/C18H16N4O2/c1-12(13-7-9-15(23)10-8-13)19-22-18(24)17-11-16(20-21-17)14-5-3-2-4-6-14/h2-11,23H,1H3,(H,20,21)(H,22,24). The van der Waals surface area contributed by atoms with Crippen molar-refractivity contribution in [2.24, 2.45) is 5.10 Å². The second-order valence-electron chi connectivity index (χ2n) is 5.22. The first kappa shape index (κ1) is 15.5. The van der Waals surface area contributed by atoms with Gasteiger partial charge in [0.25, 0.3) is 5.91 Å². The van der Waals surface area contributed by atoms with Gasteiger partial charge < -0.3 is 5.11 Å². The van der Waals surface area contributed by atoms with Gasteiger partial charge in [0, 0.05) is 5.56 Å². The third kappa shape index (κ3) is 3.49. The fourth-order valence-corrected chi connectivity index (χ4v) is 2.16. The first-order valence-electron chi connectivity index (χ1n) is 7.38. The van der Waals surface area contributed by atoms with Crippen LogP contribution < -0.4 is 5.43 Å². The van der Waals surface area contributed by atoms with Gasteiger partial charge in [-0.15, -0.1) is 0 Å². The monoisotopic (exact) mass is 320 g/mol. The molecule has 0 unspecified atom stereocenters. The van der Waals surface area contributed by atoms with E-state index in [1.54, 1.807) is 37.3 Å². The topological polar surface area (TPSA) is 90.4 Å². The van der Waals surface area contributed by atoms with Gasteiger partial charge in [0.05, 0.1) is 11.4 Å².